The van der Waals surface area contributed by atoms with Gasteiger partial charge in [0.05, 0.1) is 11.5 Å². The molecular weight excluding hydrogens is 380 g/mol. The molecule has 0 spiro atoms. The summed E-state index contributed by atoms with van der Waals surface area (Å²) in [6.07, 6.45) is 2.07. The van der Waals surface area contributed by atoms with Crippen LogP contribution in [0.25, 0.3) is 0 Å². The van der Waals surface area contributed by atoms with Gasteiger partial charge in [0.15, 0.2) is 5.96 Å². The lowest BCUT2D eigenvalue weighted by Crippen LogP contribution is -2.53. The number of benzene rings is 1. The summed E-state index contributed by atoms with van der Waals surface area (Å²) in [7, 11) is 0. The number of nitrogens with one attached hydrogen (secondary N) is 1. The number of thiophene rings is 1. The van der Waals surface area contributed by atoms with Gasteiger partial charge in [-0.1, -0.05) is 30.3 Å². The van der Waals surface area contributed by atoms with Crippen LogP contribution >= 0.6 is 11.3 Å². The second-order valence-corrected chi connectivity index (χ2v) is 8.78. The first kappa shape index (κ1) is 20.2. The van der Waals surface area contributed by atoms with Gasteiger partial charge in [0.1, 0.15) is 0 Å². The highest BCUT2D eigenvalue weighted by atomic mass is 32.1. The Labute approximate surface area is 178 Å². The summed E-state index contributed by atoms with van der Waals surface area (Å²) in [6.45, 7) is 9.60. The standard InChI is InChI=1S/C23H32N4OS/c1-2-24-22(27-14-12-26(13-15-27)21-9-6-18-29-21)25-19-23(10-16-28-17-11-23)20-7-4-3-5-8-20/h3-9,18H,2,10-17,19H2,1H3,(H,24,25). The van der Waals surface area contributed by atoms with Gasteiger partial charge < -0.3 is 19.9 Å². The van der Waals surface area contributed by atoms with Crippen LogP contribution < -0.4 is 10.2 Å². The predicted octanol–water partition coefficient (Wildman–Crippen LogP) is 3.58. The van der Waals surface area contributed by atoms with Gasteiger partial charge in [-0.05, 0) is 42.8 Å². The van der Waals surface area contributed by atoms with Gasteiger partial charge in [0, 0.05) is 51.4 Å². The Kier molecular flexibility index (Phi) is 6.72. The fourth-order valence-electron chi connectivity index (χ4n) is 4.33. The summed E-state index contributed by atoms with van der Waals surface area (Å²) in [6, 6.07) is 15.2. The minimum Gasteiger partial charge on any atom is -0.381 e. The monoisotopic (exact) mass is 412 g/mol. The molecule has 0 saturated carbocycles. The molecule has 0 atom stereocenters. The molecule has 156 valence electrons. The van der Waals surface area contributed by atoms with Crippen LogP contribution in [-0.4, -0.2) is 63.3 Å². The van der Waals surface area contributed by atoms with Crippen LogP contribution in [0, 0.1) is 0 Å². The summed E-state index contributed by atoms with van der Waals surface area (Å²) in [5.41, 5.74) is 1.48. The SMILES string of the molecule is CCNC(=NCC1(c2ccccc2)CCOCC1)N1CCN(c2cccs2)CC1. The van der Waals surface area contributed by atoms with Crippen molar-refractivity contribution >= 4 is 22.3 Å². The van der Waals surface area contributed by atoms with Crippen molar-refractivity contribution in [3.8, 4) is 0 Å². The van der Waals surface area contributed by atoms with E-state index in [0.29, 0.717) is 0 Å². The molecule has 0 bridgehead atoms. The smallest absolute Gasteiger partial charge is 0.194 e. The van der Waals surface area contributed by atoms with Crippen molar-refractivity contribution in [1.82, 2.24) is 10.2 Å². The van der Waals surface area contributed by atoms with Gasteiger partial charge in [-0.15, -0.1) is 11.3 Å². The Balaban J connectivity index is 1.47. The summed E-state index contributed by atoms with van der Waals surface area (Å²) in [4.78, 5) is 10.1. The molecule has 2 fully saturated rings. The molecule has 2 aliphatic heterocycles. The zero-order chi connectivity index (χ0) is 19.9. The number of hydrogen-bond acceptors (Lipinski definition) is 4. The third kappa shape index (κ3) is 4.75. The Morgan fingerprint density at radius 2 is 1.83 bits per heavy atom. The topological polar surface area (TPSA) is 40.1 Å². The molecule has 5 nitrogen and oxygen atoms in total. The van der Waals surface area contributed by atoms with E-state index >= 15 is 0 Å². The molecule has 2 aromatic rings. The van der Waals surface area contributed by atoms with Crippen molar-refractivity contribution in [2.75, 3.05) is 57.4 Å². The molecule has 3 heterocycles. The van der Waals surface area contributed by atoms with Crippen LogP contribution in [0.2, 0.25) is 0 Å². The van der Waals surface area contributed by atoms with Crippen LogP contribution in [0.1, 0.15) is 25.3 Å². The lowest BCUT2D eigenvalue weighted by atomic mass is 9.74. The Morgan fingerprint density at radius 1 is 1.07 bits per heavy atom. The van der Waals surface area contributed by atoms with E-state index < -0.39 is 0 Å². The molecule has 2 aliphatic rings. The number of nitrogens with zero attached hydrogens (tertiary/aromatic N) is 3. The first-order chi connectivity index (χ1) is 14.3. The fourth-order valence-corrected chi connectivity index (χ4v) is 5.12. The molecular formula is C23H32N4OS. The molecule has 0 unspecified atom stereocenters. The van der Waals surface area contributed by atoms with Gasteiger partial charge in [-0.2, -0.15) is 0 Å². The number of piperazine rings is 1. The lowest BCUT2D eigenvalue weighted by molar-refractivity contribution is 0.0530. The molecule has 29 heavy (non-hydrogen) atoms. The Bertz CT molecular complexity index is 763. The number of hydrogen-bond donors (Lipinski definition) is 1. The predicted molar refractivity (Wildman–Crippen MR) is 122 cm³/mol. The number of rotatable bonds is 5. The van der Waals surface area contributed by atoms with Crippen LogP contribution in [-0.2, 0) is 10.2 Å². The molecule has 6 heteroatoms. The zero-order valence-electron chi connectivity index (χ0n) is 17.3. The van der Waals surface area contributed by atoms with E-state index in [2.05, 4.69) is 69.9 Å². The summed E-state index contributed by atoms with van der Waals surface area (Å²) >= 11 is 1.83. The van der Waals surface area contributed by atoms with E-state index in [1.807, 2.05) is 11.3 Å². The number of guanidine groups is 1. The molecule has 1 aromatic heterocycles. The van der Waals surface area contributed by atoms with Crippen LogP contribution in [0.4, 0.5) is 5.00 Å². The highest BCUT2D eigenvalue weighted by molar-refractivity contribution is 7.14. The maximum atomic E-state index is 5.69. The van der Waals surface area contributed by atoms with Crippen molar-refractivity contribution in [3.63, 3.8) is 0 Å². The van der Waals surface area contributed by atoms with Crippen molar-refractivity contribution < 1.29 is 4.74 Å². The number of aliphatic imine (C=N–C) groups is 1. The third-order valence-electron chi connectivity index (χ3n) is 6.10. The average molecular weight is 413 g/mol. The highest BCUT2D eigenvalue weighted by Gasteiger charge is 2.34. The zero-order valence-corrected chi connectivity index (χ0v) is 18.2. The van der Waals surface area contributed by atoms with Gasteiger partial charge in [-0.3, -0.25) is 4.99 Å². The minimum absolute atomic E-state index is 0.0823. The average Bonchev–Trinajstić information content (AvgIpc) is 3.33. The summed E-state index contributed by atoms with van der Waals surface area (Å²) < 4.78 is 5.69. The number of ether oxygens (including phenoxy) is 1. The molecule has 1 N–H and O–H groups in total. The molecule has 0 radical (unpaired) electrons. The molecule has 0 aliphatic carbocycles. The fraction of sp³-hybridized carbons (Fsp3) is 0.522. The molecule has 1 aromatic carbocycles. The normalized spacial score (nSPS) is 20.0. The lowest BCUT2D eigenvalue weighted by Gasteiger charge is -2.39. The van der Waals surface area contributed by atoms with Crippen LogP contribution in [0.3, 0.4) is 0 Å². The second kappa shape index (κ2) is 9.63. The van der Waals surface area contributed by atoms with Crippen molar-refractivity contribution in [3.05, 3.63) is 53.4 Å². The van der Waals surface area contributed by atoms with Crippen LogP contribution in [0.5, 0.6) is 0 Å². The maximum Gasteiger partial charge on any atom is 0.194 e. The van der Waals surface area contributed by atoms with Gasteiger partial charge in [-0.25, -0.2) is 0 Å². The Hall–Kier alpha value is -2.05. The van der Waals surface area contributed by atoms with E-state index in [0.717, 1.165) is 71.3 Å². The van der Waals surface area contributed by atoms with Crippen LogP contribution in [0.15, 0.2) is 52.8 Å². The van der Waals surface area contributed by atoms with Gasteiger partial charge in [0.25, 0.3) is 0 Å². The van der Waals surface area contributed by atoms with E-state index in [-0.39, 0.29) is 5.41 Å². The maximum absolute atomic E-state index is 5.69. The Morgan fingerprint density at radius 3 is 2.48 bits per heavy atom. The van der Waals surface area contributed by atoms with E-state index in [9.17, 15) is 0 Å². The third-order valence-corrected chi connectivity index (χ3v) is 7.03. The van der Waals surface area contributed by atoms with Crippen molar-refractivity contribution in [2.24, 2.45) is 4.99 Å². The minimum atomic E-state index is 0.0823. The van der Waals surface area contributed by atoms with Crippen molar-refractivity contribution in [2.45, 2.75) is 25.2 Å². The van der Waals surface area contributed by atoms with E-state index in [1.165, 1.54) is 10.6 Å². The molecule has 4 rings (SSSR count). The number of anilines is 1. The summed E-state index contributed by atoms with van der Waals surface area (Å²) in [5, 5.41) is 7.07. The van der Waals surface area contributed by atoms with Gasteiger partial charge >= 0.3 is 0 Å². The van der Waals surface area contributed by atoms with E-state index in [4.69, 9.17) is 9.73 Å². The molecule has 0 amide bonds. The van der Waals surface area contributed by atoms with Gasteiger partial charge in [0.2, 0.25) is 0 Å². The van der Waals surface area contributed by atoms with E-state index in [1.54, 1.807) is 0 Å². The molecule has 2 saturated heterocycles. The first-order valence-corrected chi connectivity index (χ1v) is 11.6. The highest BCUT2D eigenvalue weighted by Crippen LogP contribution is 2.35. The summed E-state index contributed by atoms with van der Waals surface area (Å²) in [5.74, 6) is 1.06. The first-order valence-electron chi connectivity index (χ1n) is 10.8. The quantitative estimate of drug-likeness (QED) is 0.602. The van der Waals surface area contributed by atoms with Crippen molar-refractivity contribution in [1.29, 1.82) is 0 Å². The largest absolute Gasteiger partial charge is 0.381 e. The second-order valence-electron chi connectivity index (χ2n) is 7.85.